The van der Waals surface area contributed by atoms with Crippen molar-refractivity contribution in [1.82, 2.24) is 4.37 Å². The van der Waals surface area contributed by atoms with E-state index in [1.165, 1.54) is 6.07 Å². The van der Waals surface area contributed by atoms with Gasteiger partial charge in [-0.05, 0) is 36.7 Å². The second-order valence-electron chi connectivity index (χ2n) is 3.33. The van der Waals surface area contributed by atoms with Crippen LogP contribution in [0.1, 0.15) is 11.3 Å². The summed E-state index contributed by atoms with van der Waals surface area (Å²) in [5, 5.41) is 12.4. The first kappa shape index (κ1) is 12.0. The predicted molar refractivity (Wildman–Crippen MR) is 68.9 cm³/mol. The van der Waals surface area contributed by atoms with Gasteiger partial charge in [0.1, 0.15) is 22.5 Å². The summed E-state index contributed by atoms with van der Waals surface area (Å²) < 4.78 is 18.3. The van der Waals surface area contributed by atoms with Crippen molar-refractivity contribution in [3.8, 4) is 6.07 Å². The second-order valence-corrected chi connectivity index (χ2v) is 5.02. The molecule has 0 bridgehead atoms. The van der Waals surface area contributed by atoms with Crippen LogP contribution in [0.5, 0.6) is 0 Å². The van der Waals surface area contributed by atoms with E-state index in [1.54, 1.807) is 19.1 Å². The topological polar surface area (TPSA) is 48.7 Å². The van der Waals surface area contributed by atoms with Crippen molar-refractivity contribution >= 4 is 38.2 Å². The van der Waals surface area contributed by atoms with E-state index in [2.05, 4.69) is 25.6 Å². The Labute approximate surface area is 110 Å². The van der Waals surface area contributed by atoms with Crippen LogP contribution in [0.3, 0.4) is 0 Å². The molecule has 1 aromatic carbocycles. The van der Waals surface area contributed by atoms with Crippen molar-refractivity contribution in [2.75, 3.05) is 5.32 Å². The van der Waals surface area contributed by atoms with Gasteiger partial charge in [-0.15, -0.1) is 0 Å². The zero-order chi connectivity index (χ0) is 12.4. The van der Waals surface area contributed by atoms with Gasteiger partial charge in [-0.25, -0.2) is 4.39 Å². The fourth-order valence-corrected chi connectivity index (χ4v) is 2.39. The molecule has 0 atom stereocenters. The SMILES string of the molecule is Cc1nsc(Nc2ccc(Br)cc2F)c1C#N. The minimum atomic E-state index is -0.380. The standard InChI is InChI=1S/C11H7BrFN3S/c1-6-8(5-14)11(17-16-6)15-10-3-2-7(12)4-9(10)13/h2-4,15H,1H3. The Hall–Kier alpha value is -1.45. The van der Waals surface area contributed by atoms with Crippen molar-refractivity contribution in [2.24, 2.45) is 0 Å². The number of hydrogen-bond acceptors (Lipinski definition) is 4. The van der Waals surface area contributed by atoms with Gasteiger partial charge < -0.3 is 5.32 Å². The lowest BCUT2D eigenvalue weighted by atomic mass is 10.2. The lowest BCUT2D eigenvalue weighted by molar-refractivity contribution is 0.631. The number of halogens is 2. The van der Waals surface area contributed by atoms with Gasteiger partial charge in [0.05, 0.1) is 11.4 Å². The molecule has 0 spiro atoms. The van der Waals surface area contributed by atoms with Gasteiger partial charge in [0, 0.05) is 4.47 Å². The summed E-state index contributed by atoms with van der Waals surface area (Å²) >= 11 is 4.33. The van der Waals surface area contributed by atoms with E-state index in [1.807, 2.05) is 6.07 Å². The largest absolute Gasteiger partial charge is 0.342 e. The molecule has 0 aliphatic heterocycles. The van der Waals surface area contributed by atoms with Gasteiger partial charge in [0.15, 0.2) is 0 Å². The van der Waals surface area contributed by atoms with E-state index >= 15 is 0 Å². The molecule has 0 saturated heterocycles. The molecule has 17 heavy (non-hydrogen) atoms. The fourth-order valence-electron chi connectivity index (χ4n) is 1.30. The van der Waals surface area contributed by atoms with Crippen LogP contribution in [0.15, 0.2) is 22.7 Å². The summed E-state index contributed by atoms with van der Waals surface area (Å²) in [6, 6.07) is 6.75. The number of anilines is 2. The molecule has 1 N–H and O–H groups in total. The molecule has 0 aliphatic rings. The Morgan fingerprint density at radius 1 is 1.53 bits per heavy atom. The Morgan fingerprint density at radius 2 is 2.29 bits per heavy atom. The number of nitrogens with one attached hydrogen (secondary N) is 1. The molecule has 2 aromatic rings. The molecule has 0 radical (unpaired) electrons. The first-order chi connectivity index (χ1) is 8.11. The van der Waals surface area contributed by atoms with Crippen LogP contribution in [0.25, 0.3) is 0 Å². The van der Waals surface area contributed by atoms with Crippen molar-refractivity contribution in [2.45, 2.75) is 6.92 Å². The maximum absolute atomic E-state index is 13.6. The molecule has 2 rings (SSSR count). The number of rotatable bonds is 2. The molecule has 6 heteroatoms. The Bertz CT molecular complexity index is 603. The van der Waals surface area contributed by atoms with Crippen molar-refractivity contribution in [3.05, 3.63) is 39.7 Å². The van der Waals surface area contributed by atoms with E-state index in [9.17, 15) is 4.39 Å². The summed E-state index contributed by atoms with van der Waals surface area (Å²) in [7, 11) is 0. The van der Waals surface area contributed by atoms with E-state index in [-0.39, 0.29) is 5.82 Å². The molecule has 0 fully saturated rings. The first-order valence-corrected chi connectivity index (χ1v) is 6.27. The maximum Gasteiger partial charge on any atom is 0.147 e. The zero-order valence-corrected chi connectivity index (χ0v) is 11.2. The van der Waals surface area contributed by atoms with Crippen LogP contribution in [0.4, 0.5) is 15.1 Å². The highest BCUT2D eigenvalue weighted by Crippen LogP contribution is 2.29. The number of aryl methyl sites for hydroxylation is 1. The monoisotopic (exact) mass is 311 g/mol. The van der Waals surface area contributed by atoms with Crippen molar-refractivity contribution in [1.29, 1.82) is 5.26 Å². The normalized spacial score (nSPS) is 10.0. The molecule has 3 nitrogen and oxygen atoms in total. The zero-order valence-electron chi connectivity index (χ0n) is 8.79. The third-order valence-electron chi connectivity index (χ3n) is 2.15. The Balaban J connectivity index is 2.35. The molecule has 86 valence electrons. The van der Waals surface area contributed by atoms with Crippen LogP contribution in [0.2, 0.25) is 0 Å². The molecular formula is C11H7BrFN3S. The van der Waals surface area contributed by atoms with E-state index in [0.29, 0.717) is 26.4 Å². The first-order valence-electron chi connectivity index (χ1n) is 4.70. The van der Waals surface area contributed by atoms with Gasteiger partial charge in [0.2, 0.25) is 0 Å². The lowest BCUT2D eigenvalue weighted by Crippen LogP contribution is -1.93. The lowest BCUT2D eigenvalue weighted by Gasteiger charge is -2.05. The molecule has 1 heterocycles. The van der Waals surface area contributed by atoms with Crippen LogP contribution in [0, 0.1) is 24.1 Å². The van der Waals surface area contributed by atoms with Crippen LogP contribution >= 0.6 is 27.5 Å². The van der Waals surface area contributed by atoms with E-state index in [0.717, 1.165) is 11.5 Å². The fraction of sp³-hybridized carbons (Fsp3) is 0.0909. The quantitative estimate of drug-likeness (QED) is 0.913. The molecule has 1 aromatic heterocycles. The second kappa shape index (κ2) is 4.82. The van der Waals surface area contributed by atoms with Crippen LogP contribution in [-0.4, -0.2) is 4.37 Å². The van der Waals surface area contributed by atoms with E-state index < -0.39 is 0 Å². The number of benzene rings is 1. The third kappa shape index (κ3) is 2.46. The highest BCUT2D eigenvalue weighted by atomic mass is 79.9. The molecule has 0 amide bonds. The maximum atomic E-state index is 13.6. The minimum Gasteiger partial charge on any atom is -0.342 e. The Morgan fingerprint density at radius 3 is 2.94 bits per heavy atom. The summed E-state index contributed by atoms with van der Waals surface area (Å²) in [5.74, 6) is -0.380. The highest BCUT2D eigenvalue weighted by Gasteiger charge is 2.12. The summed E-state index contributed by atoms with van der Waals surface area (Å²) in [5.41, 5.74) is 1.43. The van der Waals surface area contributed by atoms with Gasteiger partial charge in [-0.2, -0.15) is 9.64 Å². The van der Waals surface area contributed by atoms with E-state index in [4.69, 9.17) is 5.26 Å². The third-order valence-corrected chi connectivity index (χ3v) is 3.50. The van der Waals surface area contributed by atoms with Crippen LogP contribution in [-0.2, 0) is 0 Å². The minimum absolute atomic E-state index is 0.327. The average Bonchev–Trinajstić information content (AvgIpc) is 2.63. The van der Waals surface area contributed by atoms with Crippen molar-refractivity contribution in [3.63, 3.8) is 0 Å². The molecule has 0 saturated carbocycles. The number of aromatic nitrogens is 1. The molecular weight excluding hydrogens is 305 g/mol. The van der Waals surface area contributed by atoms with Gasteiger partial charge in [0.25, 0.3) is 0 Å². The molecule has 0 aliphatic carbocycles. The summed E-state index contributed by atoms with van der Waals surface area (Å²) in [4.78, 5) is 0. The van der Waals surface area contributed by atoms with Gasteiger partial charge in [-0.1, -0.05) is 15.9 Å². The Kier molecular flexibility index (Phi) is 3.41. The summed E-state index contributed by atoms with van der Waals surface area (Å²) in [6.45, 7) is 1.75. The summed E-state index contributed by atoms with van der Waals surface area (Å²) in [6.07, 6.45) is 0. The van der Waals surface area contributed by atoms with Crippen molar-refractivity contribution < 1.29 is 4.39 Å². The van der Waals surface area contributed by atoms with Gasteiger partial charge >= 0.3 is 0 Å². The predicted octanol–water partition coefficient (Wildman–Crippen LogP) is 3.97. The van der Waals surface area contributed by atoms with Crippen LogP contribution < -0.4 is 5.32 Å². The van der Waals surface area contributed by atoms with Gasteiger partial charge in [-0.3, -0.25) is 0 Å². The molecule has 0 unspecified atom stereocenters. The number of nitrogens with zero attached hydrogens (tertiary/aromatic N) is 2. The highest BCUT2D eigenvalue weighted by molar-refractivity contribution is 9.10. The number of nitriles is 1. The smallest absolute Gasteiger partial charge is 0.147 e. The number of hydrogen-bond donors (Lipinski definition) is 1. The average molecular weight is 312 g/mol.